The third kappa shape index (κ3) is 3.04. The molecule has 3 heterocycles. The Bertz CT molecular complexity index is 742. The monoisotopic (exact) mass is 330 g/mol. The molecule has 1 unspecified atom stereocenters. The van der Waals surface area contributed by atoms with Crippen molar-refractivity contribution in [1.82, 2.24) is 24.8 Å². The molecule has 1 aliphatic rings. The van der Waals surface area contributed by atoms with Crippen molar-refractivity contribution in [3.05, 3.63) is 30.1 Å². The molecule has 0 saturated carbocycles. The van der Waals surface area contributed by atoms with Gasteiger partial charge >= 0.3 is 0 Å². The molecule has 0 aliphatic carbocycles. The van der Waals surface area contributed by atoms with Crippen LogP contribution in [0.25, 0.3) is 0 Å². The predicted molar refractivity (Wildman–Crippen MR) is 88.9 cm³/mol. The smallest absolute Gasteiger partial charge is 0.231 e. The lowest BCUT2D eigenvalue weighted by Gasteiger charge is -2.33. The summed E-state index contributed by atoms with van der Waals surface area (Å²) in [6.07, 6.45) is 3.22. The Morgan fingerprint density at radius 2 is 2.17 bits per heavy atom. The summed E-state index contributed by atoms with van der Waals surface area (Å²) in [6, 6.07) is 1.86. The number of ether oxygens (including phenoxy) is 1. The summed E-state index contributed by atoms with van der Waals surface area (Å²) < 4.78 is 7.10. The van der Waals surface area contributed by atoms with Crippen molar-refractivity contribution in [2.75, 3.05) is 18.6 Å². The quantitative estimate of drug-likeness (QED) is 0.894. The van der Waals surface area contributed by atoms with Gasteiger partial charge in [-0.25, -0.2) is 15.0 Å². The van der Waals surface area contributed by atoms with Gasteiger partial charge in [0.25, 0.3) is 0 Å². The summed E-state index contributed by atoms with van der Waals surface area (Å²) >= 11 is 0. The molecule has 8 heteroatoms. The lowest BCUT2D eigenvalue weighted by Crippen LogP contribution is -2.44. The number of anilines is 1. The lowest BCUT2D eigenvalue weighted by molar-refractivity contribution is -0.123. The average molecular weight is 330 g/mol. The first-order chi connectivity index (χ1) is 11.5. The maximum Gasteiger partial charge on any atom is 0.231 e. The second-order valence-corrected chi connectivity index (χ2v) is 6.20. The number of hydrogen-bond acceptors (Lipinski definition) is 6. The number of imidazole rings is 1. The number of nitrogens with zero attached hydrogens (tertiary/aromatic N) is 5. The van der Waals surface area contributed by atoms with Crippen LogP contribution in [-0.2, 0) is 18.4 Å². The molecular weight excluding hydrogens is 308 g/mol. The molecule has 1 amide bonds. The molecule has 0 saturated heterocycles. The number of hydrogen-bond donors (Lipinski definition) is 1. The van der Waals surface area contributed by atoms with Crippen LogP contribution < -0.4 is 15.0 Å². The third-order valence-corrected chi connectivity index (χ3v) is 4.04. The summed E-state index contributed by atoms with van der Waals surface area (Å²) in [6.45, 7) is 5.04. The van der Waals surface area contributed by atoms with Crippen molar-refractivity contribution in [1.29, 1.82) is 0 Å². The van der Waals surface area contributed by atoms with Gasteiger partial charge in [-0.05, 0) is 13.8 Å². The van der Waals surface area contributed by atoms with Crippen LogP contribution in [0.5, 0.6) is 5.88 Å². The first-order valence-electron chi connectivity index (χ1n) is 7.91. The van der Waals surface area contributed by atoms with E-state index in [1.54, 1.807) is 19.5 Å². The Hall–Kier alpha value is -2.64. The molecule has 1 aliphatic heterocycles. The molecule has 0 aromatic carbocycles. The van der Waals surface area contributed by atoms with Crippen LogP contribution in [0, 0.1) is 0 Å². The van der Waals surface area contributed by atoms with Crippen LogP contribution in [0.3, 0.4) is 0 Å². The van der Waals surface area contributed by atoms with Gasteiger partial charge < -0.3 is 19.5 Å². The molecule has 0 radical (unpaired) electrons. The SMILES string of the molecule is COc1cc(N2Cc3ncn(C)c3C(C(=O)NC(C)C)C2)ncn1. The lowest BCUT2D eigenvalue weighted by atomic mass is 9.96. The molecule has 0 fully saturated rings. The molecule has 1 atom stereocenters. The normalized spacial score (nSPS) is 16.9. The Labute approximate surface area is 140 Å². The van der Waals surface area contributed by atoms with Gasteiger partial charge in [-0.3, -0.25) is 4.79 Å². The highest BCUT2D eigenvalue weighted by Gasteiger charge is 2.34. The fraction of sp³-hybridized carbons (Fsp3) is 0.500. The van der Waals surface area contributed by atoms with Crippen LogP contribution in [0.2, 0.25) is 0 Å². The number of amides is 1. The molecule has 128 valence electrons. The highest BCUT2D eigenvalue weighted by Crippen LogP contribution is 2.30. The number of carbonyl (C=O) groups excluding carboxylic acids is 1. The molecule has 0 bridgehead atoms. The van der Waals surface area contributed by atoms with Crippen LogP contribution in [-0.4, -0.2) is 45.1 Å². The predicted octanol–water partition coefficient (Wildman–Crippen LogP) is 0.847. The van der Waals surface area contributed by atoms with Gasteiger partial charge in [0.2, 0.25) is 11.8 Å². The minimum absolute atomic E-state index is 0.000529. The molecule has 8 nitrogen and oxygen atoms in total. The molecule has 2 aromatic heterocycles. The van der Waals surface area contributed by atoms with E-state index in [9.17, 15) is 4.79 Å². The minimum atomic E-state index is -0.301. The zero-order chi connectivity index (χ0) is 17.3. The fourth-order valence-corrected chi connectivity index (χ4v) is 2.99. The van der Waals surface area contributed by atoms with Crippen molar-refractivity contribution < 1.29 is 9.53 Å². The molecule has 0 spiro atoms. The van der Waals surface area contributed by atoms with Gasteiger partial charge in [0.15, 0.2) is 0 Å². The van der Waals surface area contributed by atoms with Crippen molar-refractivity contribution >= 4 is 11.7 Å². The summed E-state index contributed by atoms with van der Waals surface area (Å²) in [7, 11) is 3.49. The van der Waals surface area contributed by atoms with E-state index in [1.165, 1.54) is 6.33 Å². The topological polar surface area (TPSA) is 85.2 Å². The van der Waals surface area contributed by atoms with Crippen molar-refractivity contribution in [3.63, 3.8) is 0 Å². The van der Waals surface area contributed by atoms with Crippen molar-refractivity contribution in [3.8, 4) is 5.88 Å². The van der Waals surface area contributed by atoms with Gasteiger partial charge in [-0.15, -0.1) is 0 Å². The summed E-state index contributed by atoms with van der Waals surface area (Å²) in [4.78, 5) is 27.5. The number of aryl methyl sites for hydroxylation is 1. The molecule has 24 heavy (non-hydrogen) atoms. The Morgan fingerprint density at radius 3 is 2.88 bits per heavy atom. The zero-order valence-corrected chi connectivity index (χ0v) is 14.4. The van der Waals surface area contributed by atoms with Crippen LogP contribution in [0.4, 0.5) is 5.82 Å². The van der Waals surface area contributed by atoms with Crippen molar-refractivity contribution in [2.24, 2.45) is 7.05 Å². The van der Waals surface area contributed by atoms with Gasteiger partial charge in [-0.2, -0.15) is 0 Å². The van der Waals surface area contributed by atoms with E-state index in [1.807, 2.05) is 30.4 Å². The van der Waals surface area contributed by atoms with Crippen LogP contribution in [0.15, 0.2) is 18.7 Å². The Morgan fingerprint density at radius 1 is 1.38 bits per heavy atom. The number of nitrogens with one attached hydrogen (secondary N) is 1. The minimum Gasteiger partial charge on any atom is -0.481 e. The number of carbonyl (C=O) groups is 1. The van der Waals surface area contributed by atoms with Crippen LogP contribution in [0.1, 0.15) is 31.2 Å². The molecule has 3 rings (SSSR count). The largest absolute Gasteiger partial charge is 0.481 e. The Balaban J connectivity index is 1.94. The maximum atomic E-state index is 12.7. The van der Waals surface area contributed by atoms with Gasteiger partial charge in [0, 0.05) is 25.7 Å². The highest BCUT2D eigenvalue weighted by molar-refractivity contribution is 5.85. The number of methoxy groups -OCH3 is 1. The van der Waals surface area contributed by atoms with E-state index in [-0.39, 0.29) is 17.9 Å². The first kappa shape index (κ1) is 16.2. The second kappa shape index (κ2) is 6.46. The second-order valence-electron chi connectivity index (χ2n) is 6.20. The standard InChI is InChI=1S/C16H22N6O2/c1-10(2)20-16(23)11-6-22(7-12-15(11)21(3)9-19-12)13-5-14(24-4)18-8-17-13/h5,8-11H,6-7H2,1-4H3,(H,20,23). The van der Waals surface area contributed by atoms with Gasteiger partial charge in [-0.1, -0.05) is 0 Å². The fourth-order valence-electron chi connectivity index (χ4n) is 2.99. The summed E-state index contributed by atoms with van der Waals surface area (Å²) in [5.74, 6) is 0.917. The number of aromatic nitrogens is 4. The van der Waals surface area contributed by atoms with E-state index in [0.29, 0.717) is 19.0 Å². The highest BCUT2D eigenvalue weighted by atomic mass is 16.5. The van der Waals surface area contributed by atoms with Crippen molar-refractivity contribution in [2.45, 2.75) is 32.4 Å². The molecule has 1 N–H and O–H groups in total. The summed E-state index contributed by atoms with van der Waals surface area (Å²) in [5.41, 5.74) is 1.86. The van der Waals surface area contributed by atoms with E-state index < -0.39 is 0 Å². The van der Waals surface area contributed by atoms with E-state index in [0.717, 1.165) is 17.2 Å². The van der Waals surface area contributed by atoms with Gasteiger partial charge in [0.1, 0.15) is 12.1 Å². The first-order valence-corrected chi connectivity index (χ1v) is 7.91. The Kier molecular flexibility index (Phi) is 4.37. The average Bonchev–Trinajstić information content (AvgIpc) is 2.94. The van der Waals surface area contributed by atoms with Gasteiger partial charge in [0.05, 0.1) is 37.3 Å². The zero-order valence-electron chi connectivity index (χ0n) is 14.4. The maximum absolute atomic E-state index is 12.7. The number of fused-ring (bicyclic) bond motifs is 1. The molecular formula is C16H22N6O2. The van der Waals surface area contributed by atoms with E-state index in [2.05, 4.69) is 20.3 Å². The molecule has 2 aromatic rings. The van der Waals surface area contributed by atoms with E-state index >= 15 is 0 Å². The summed E-state index contributed by atoms with van der Waals surface area (Å²) in [5, 5.41) is 3.00. The van der Waals surface area contributed by atoms with Crippen LogP contribution >= 0.6 is 0 Å². The number of rotatable bonds is 4. The van der Waals surface area contributed by atoms with E-state index in [4.69, 9.17) is 4.74 Å². The third-order valence-electron chi connectivity index (χ3n) is 4.04.